The van der Waals surface area contributed by atoms with E-state index in [2.05, 4.69) is 51.5 Å². The lowest BCUT2D eigenvalue weighted by Gasteiger charge is -2.19. The molecule has 0 aromatic heterocycles. The van der Waals surface area contributed by atoms with Crippen molar-refractivity contribution in [1.29, 1.82) is 0 Å². The standard InChI is InChI=1S/C23H30N2O2/c1-22(2,3)18-7-9-20(26)16(11-18)13-24-15-25-14-17-12-19(23(4,5)6)8-10-21(17)27/h7-14,26-27H,15H2,1-6H3. The maximum Gasteiger partial charge on any atom is 0.129 e. The van der Waals surface area contributed by atoms with Crippen LogP contribution in [0.1, 0.15) is 63.8 Å². The number of nitrogens with zero attached hydrogens (tertiary/aromatic N) is 2. The van der Waals surface area contributed by atoms with Crippen LogP contribution in [0.3, 0.4) is 0 Å². The molecule has 27 heavy (non-hydrogen) atoms. The molecule has 2 aromatic rings. The fraction of sp³-hybridized carbons (Fsp3) is 0.391. The van der Waals surface area contributed by atoms with Crippen molar-refractivity contribution in [2.24, 2.45) is 9.98 Å². The van der Waals surface area contributed by atoms with Gasteiger partial charge in [0.2, 0.25) is 0 Å². The lowest BCUT2D eigenvalue weighted by atomic mass is 9.86. The molecular weight excluding hydrogens is 336 g/mol. The molecule has 0 bridgehead atoms. The van der Waals surface area contributed by atoms with Crippen LogP contribution in [-0.4, -0.2) is 29.3 Å². The van der Waals surface area contributed by atoms with Gasteiger partial charge in [-0.3, -0.25) is 9.98 Å². The summed E-state index contributed by atoms with van der Waals surface area (Å²) in [5.41, 5.74) is 3.63. The second-order valence-electron chi connectivity index (χ2n) is 8.81. The number of hydrogen-bond acceptors (Lipinski definition) is 4. The molecule has 0 saturated heterocycles. The summed E-state index contributed by atoms with van der Waals surface area (Å²) < 4.78 is 0. The topological polar surface area (TPSA) is 65.2 Å². The van der Waals surface area contributed by atoms with Gasteiger partial charge in [-0.25, -0.2) is 0 Å². The molecule has 0 amide bonds. The van der Waals surface area contributed by atoms with Crippen LogP contribution >= 0.6 is 0 Å². The van der Waals surface area contributed by atoms with Gasteiger partial charge in [0.05, 0.1) is 0 Å². The fourth-order valence-corrected chi connectivity index (χ4v) is 2.57. The largest absolute Gasteiger partial charge is 0.507 e. The maximum atomic E-state index is 10.0. The van der Waals surface area contributed by atoms with E-state index in [4.69, 9.17) is 0 Å². The summed E-state index contributed by atoms with van der Waals surface area (Å²) in [5.74, 6) is 0.400. The van der Waals surface area contributed by atoms with E-state index in [0.717, 1.165) is 11.1 Å². The van der Waals surface area contributed by atoms with Gasteiger partial charge in [0, 0.05) is 23.6 Å². The van der Waals surface area contributed by atoms with Crippen LogP contribution in [0.15, 0.2) is 46.4 Å². The Balaban J connectivity index is 2.11. The molecule has 0 aliphatic rings. The lowest BCUT2D eigenvalue weighted by Crippen LogP contribution is -2.11. The monoisotopic (exact) mass is 366 g/mol. The van der Waals surface area contributed by atoms with E-state index < -0.39 is 0 Å². The first-order valence-electron chi connectivity index (χ1n) is 9.15. The first-order chi connectivity index (χ1) is 12.5. The molecule has 0 atom stereocenters. The molecule has 2 rings (SSSR count). The Labute approximate surface area is 162 Å². The van der Waals surface area contributed by atoms with Gasteiger partial charge in [0.25, 0.3) is 0 Å². The van der Waals surface area contributed by atoms with E-state index in [1.54, 1.807) is 24.6 Å². The Morgan fingerprint density at radius 1 is 0.704 bits per heavy atom. The van der Waals surface area contributed by atoms with Crippen molar-refractivity contribution in [1.82, 2.24) is 0 Å². The van der Waals surface area contributed by atoms with Crippen LogP contribution in [0.2, 0.25) is 0 Å². The summed E-state index contributed by atoms with van der Waals surface area (Å²) in [7, 11) is 0. The van der Waals surface area contributed by atoms with Gasteiger partial charge in [-0.15, -0.1) is 0 Å². The van der Waals surface area contributed by atoms with Crippen molar-refractivity contribution < 1.29 is 10.2 Å². The van der Waals surface area contributed by atoms with Crippen LogP contribution in [0.25, 0.3) is 0 Å². The minimum atomic E-state index is 0.00401. The zero-order valence-electron chi connectivity index (χ0n) is 17.1. The van der Waals surface area contributed by atoms with Gasteiger partial charge in [-0.1, -0.05) is 53.7 Å². The number of phenolic OH excluding ortho intramolecular Hbond substituents is 2. The van der Waals surface area contributed by atoms with Crippen LogP contribution in [0, 0.1) is 0 Å². The maximum absolute atomic E-state index is 10.0. The average molecular weight is 367 g/mol. The van der Waals surface area contributed by atoms with E-state index in [-0.39, 0.29) is 29.0 Å². The summed E-state index contributed by atoms with van der Waals surface area (Å²) in [6, 6.07) is 11.1. The van der Waals surface area contributed by atoms with Gasteiger partial charge < -0.3 is 10.2 Å². The van der Waals surface area contributed by atoms with Crippen LogP contribution < -0.4 is 0 Å². The fourth-order valence-electron chi connectivity index (χ4n) is 2.57. The highest BCUT2D eigenvalue weighted by Gasteiger charge is 2.15. The van der Waals surface area contributed by atoms with Crippen molar-refractivity contribution in [2.45, 2.75) is 52.4 Å². The predicted octanol–water partition coefficient (Wildman–Crippen LogP) is 5.19. The van der Waals surface area contributed by atoms with Crippen molar-refractivity contribution in [2.75, 3.05) is 6.67 Å². The number of hydrogen-bond donors (Lipinski definition) is 2. The Kier molecular flexibility index (Phi) is 6.09. The van der Waals surface area contributed by atoms with Crippen LogP contribution in [0.4, 0.5) is 0 Å². The molecule has 144 valence electrons. The Morgan fingerprint density at radius 3 is 1.41 bits per heavy atom. The van der Waals surface area contributed by atoms with Crippen molar-refractivity contribution in [3.63, 3.8) is 0 Å². The third-order valence-corrected chi connectivity index (χ3v) is 4.41. The molecule has 4 nitrogen and oxygen atoms in total. The second-order valence-corrected chi connectivity index (χ2v) is 8.81. The lowest BCUT2D eigenvalue weighted by molar-refractivity contribution is 0.472. The van der Waals surface area contributed by atoms with Gasteiger partial charge in [0.15, 0.2) is 0 Å². The van der Waals surface area contributed by atoms with Gasteiger partial charge in [-0.2, -0.15) is 0 Å². The van der Waals surface area contributed by atoms with Crippen molar-refractivity contribution >= 4 is 12.4 Å². The molecule has 0 unspecified atom stereocenters. The van der Waals surface area contributed by atoms with E-state index >= 15 is 0 Å². The zero-order valence-corrected chi connectivity index (χ0v) is 17.1. The average Bonchev–Trinajstić information content (AvgIpc) is 2.55. The summed E-state index contributed by atoms with van der Waals surface area (Å²) in [4.78, 5) is 8.55. The number of aromatic hydroxyl groups is 2. The highest BCUT2D eigenvalue weighted by Crippen LogP contribution is 2.27. The Morgan fingerprint density at radius 2 is 1.07 bits per heavy atom. The molecule has 0 aliphatic carbocycles. The molecule has 0 fully saturated rings. The minimum absolute atomic E-state index is 0.00401. The third kappa shape index (κ3) is 5.68. The Bertz CT molecular complexity index is 782. The smallest absolute Gasteiger partial charge is 0.129 e. The molecule has 0 saturated carbocycles. The normalized spacial score (nSPS) is 13.0. The van der Waals surface area contributed by atoms with E-state index in [9.17, 15) is 10.2 Å². The molecule has 0 radical (unpaired) electrons. The quantitative estimate of drug-likeness (QED) is 0.732. The number of phenols is 2. The molecule has 0 spiro atoms. The molecule has 0 aliphatic heterocycles. The zero-order chi connectivity index (χ0) is 20.2. The predicted molar refractivity (Wildman–Crippen MR) is 114 cm³/mol. The summed E-state index contributed by atoms with van der Waals surface area (Å²) >= 11 is 0. The van der Waals surface area contributed by atoms with E-state index in [1.807, 2.05) is 24.3 Å². The van der Waals surface area contributed by atoms with Crippen LogP contribution in [-0.2, 0) is 10.8 Å². The second kappa shape index (κ2) is 7.95. The van der Waals surface area contributed by atoms with Gasteiger partial charge >= 0.3 is 0 Å². The SMILES string of the molecule is CC(C)(C)c1ccc(O)c(C=NCN=Cc2cc(C(C)(C)C)ccc2O)c1. The summed E-state index contributed by atoms with van der Waals surface area (Å²) in [5, 5.41) is 20.0. The molecule has 4 heteroatoms. The molecule has 0 heterocycles. The highest BCUT2D eigenvalue weighted by molar-refractivity contribution is 5.85. The number of rotatable bonds is 4. The third-order valence-electron chi connectivity index (χ3n) is 4.41. The highest BCUT2D eigenvalue weighted by atomic mass is 16.3. The van der Waals surface area contributed by atoms with Gasteiger partial charge in [-0.05, 0) is 46.2 Å². The minimum Gasteiger partial charge on any atom is -0.507 e. The molecular formula is C23H30N2O2. The first kappa shape index (κ1) is 20.7. The van der Waals surface area contributed by atoms with Crippen molar-refractivity contribution in [3.8, 4) is 11.5 Å². The summed E-state index contributed by atoms with van der Waals surface area (Å²) in [6.07, 6.45) is 3.26. The molecule has 2 aromatic carbocycles. The van der Waals surface area contributed by atoms with E-state index in [1.165, 1.54) is 0 Å². The number of benzene rings is 2. The Hall–Kier alpha value is -2.62. The first-order valence-corrected chi connectivity index (χ1v) is 9.15. The van der Waals surface area contributed by atoms with Gasteiger partial charge in [0.1, 0.15) is 18.2 Å². The van der Waals surface area contributed by atoms with Crippen molar-refractivity contribution in [3.05, 3.63) is 58.7 Å². The van der Waals surface area contributed by atoms with E-state index in [0.29, 0.717) is 11.1 Å². The molecule has 2 N–H and O–H groups in total. The number of aliphatic imine (C=N–C) groups is 2. The van der Waals surface area contributed by atoms with Crippen LogP contribution in [0.5, 0.6) is 11.5 Å². The summed E-state index contributed by atoms with van der Waals surface area (Å²) in [6.45, 7) is 13.0.